The summed E-state index contributed by atoms with van der Waals surface area (Å²) in [5, 5.41) is 6.25. The van der Waals surface area contributed by atoms with Crippen LogP contribution in [0.15, 0.2) is 30.5 Å². The predicted octanol–water partition coefficient (Wildman–Crippen LogP) is 3.18. The SMILES string of the molecule is CCCCNS(=O)(=O)NC(=O)C1CC1c1c(C)nn(C)c1-n1ccc2cc(Cl)ccc21. The Hall–Kier alpha value is -2.36. The first-order valence-electron chi connectivity index (χ1n) is 10.3. The molecule has 2 aromatic heterocycles. The molecule has 1 aliphatic carbocycles. The lowest BCUT2D eigenvalue weighted by Gasteiger charge is -2.11. The molecular weight excluding hydrogens is 438 g/mol. The number of benzene rings is 1. The second-order valence-corrected chi connectivity index (χ2v) is 9.94. The number of nitrogens with one attached hydrogen (secondary N) is 2. The fourth-order valence-electron chi connectivity index (χ4n) is 4.11. The Balaban J connectivity index is 1.59. The Bertz CT molecular complexity index is 1250. The van der Waals surface area contributed by atoms with Gasteiger partial charge in [-0.15, -0.1) is 0 Å². The van der Waals surface area contributed by atoms with Gasteiger partial charge < -0.3 is 4.57 Å². The van der Waals surface area contributed by atoms with Crippen LogP contribution in [-0.2, 0) is 22.1 Å². The van der Waals surface area contributed by atoms with Crippen LogP contribution in [0.5, 0.6) is 0 Å². The van der Waals surface area contributed by atoms with Gasteiger partial charge in [-0.05, 0) is 44.0 Å². The number of hydrogen-bond acceptors (Lipinski definition) is 4. The van der Waals surface area contributed by atoms with Crippen LogP contribution in [0, 0.1) is 12.8 Å². The van der Waals surface area contributed by atoms with E-state index in [4.69, 9.17) is 11.6 Å². The van der Waals surface area contributed by atoms with Crippen LogP contribution in [0.4, 0.5) is 0 Å². The number of fused-ring (bicyclic) bond motifs is 1. The van der Waals surface area contributed by atoms with E-state index in [1.54, 1.807) is 4.68 Å². The van der Waals surface area contributed by atoms with E-state index in [1.807, 2.05) is 55.9 Å². The maximum absolute atomic E-state index is 12.6. The molecule has 2 unspecified atom stereocenters. The zero-order valence-corrected chi connectivity index (χ0v) is 19.3. The largest absolute Gasteiger partial charge is 0.301 e. The minimum absolute atomic E-state index is 0.0840. The molecule has 1 saturated carbocycles. The minimum atomic E-state index is -3.84. The molecular formula is C21H26ClN5O3S. The van der Waals surface area contributed by atoms with Gasteiger partial charge in [-0.1, -0.05) is 24.9 Å². The number of aromatic nitrogens is 3. The van der Waals surface area contributed by atoms with Crippen molar-refractivity contribution in [2.45, 2.75) is 39.0 Å². The minimum Gasteiger partial charge on any atom is -0.301 e. The van der Waals surface area contributed by atoms with Crippen LogP contribution >= 0.6 is 11.6 Å². The van der Waals surface area contributed by atoms with Gasteiger partial charge in [0.15, 0.2) is 0 Å². The molecule has 1 aliphatic rings. The lowest BCUT2D eigenvalue weighted by Crippen LogP contribution is -2.41. The molecule has 2 heterocycles. The molecule has 0 saturated heterocycles. The maximum atomic E-state index is 12.6. The number of rotatable bonds is 8. The molecule has 0 bridgehead atoms. The van der Waals surface area contributed by atoms with Crippen molar-refractivity contribution in [1.29, 1.82) is 0 Å². The van der Waals surface area contributed by atoms with E-state index in [0.29, 0.717) is 18.0 Å². The van der Waals surface area contributed by atoms with Gasteiger partial charge in [0, 0.05) is 47.6 Å². The van der Waals surface area contributed by atoms with Gasteiger partial charge in [-0.2, -0.15) is 18.2 Å². The average molecular weight is 464 g/mol. The number of hydrogen-bond donors (Lipinski definition) is 2. The quantitative estimate of drug-likeness (QED) is 0.501. The molecule has 2 atom stereocenters. The third-order valence-corrected chi connectivity index (χ3v) is 6.96. The third kappa shape index (κ3) is 4.35. The highest BCUT2D eigenvalue weighted by Gasteiger charge is 2.48. The zero-order chi connectivity index (χ0) is 22.3. The molecule has 1 aromatic carbocycles. The monoisotopic (exact) mass is 463 g/mol. The van der Waals surface area contributed by atoms with Crippen molar-refractivity contribution in [3.05, 3.63) is 46.7 Å². The molecule has 31 heavy (non-hydrogen) atoms. The van der Waals surface area contributed by atoms with Crippen molar-refractivity contribution in [2.75, 3.05) is 6.54 Å². The van der Waals surface area contributed by atoms with E-state index in [0.717, 1.165) is 40.8 Å². The second-order valence-electron chi connectivity index (χ2n) is 8.00. The topological polar surface area (TPSA) is 98.0 Å². The third-order valence-electron chi connectivity index (χ3n) is 5.67. The van der Waals surface area contributed by atoms with E-state index in [-0.39, 0.29) is 5.92 Å². The molecule has 4 rings (SSSR count). The van der Waals surface area contributed by atoms with Crippen molar-refractivity contribution >= 4 is 38.6 Å². The summed E-state index contributed by atoms with van der Waals surface area (Å²) in [5.41, 5.74) is 2.78. The van der Waals surface area contributed by atoms with Crippen molar-refractivity contribution < 1.29 is 13.2 Å². The van der Waals surface area contributed by atoms with E-state index >= 15 is 0 Å². The first-order valence-corrected chi connectivity index (χ1v) is 12.2. The second kappa shape index (κ2) is 8.29. The highest BCUT2D eigenvalue weighted by molar-refractivity contribution is 7.88. The van der Waals surface area contributed by atoms with E-state index in [2.05, 4.69) is 14.5 Å². The number of nitrogens with zero attached hydrogens (tertiary/aromatic N) is 3. The van der Waals surface area contributed by atoms with Gasteiger partial charge in [-0.25, -0.2) is 4.72 Å². The first-order chi connectivity index (χ1) is 14.7. The van der Waals surface area contributed by atoms with Gasteiger partial charge in [0.2, 0.25) is 5.91 Å². The fourth-order valence-corrected chi connectivity index (χ4v) is 5.19. The van der Waals surface area contributed by atoms with Crippen molar-refractivity contribution in [2.24, 2.45) is 13.0 Å². The smallest absolute Gasteiger partial charge is 0.301 e. The number of halogens is 1. The summed E-state index contributed by atoms with van der Waals surface area (Å²) >= 11 is 6.12. The standard InChI is InChI=1S/C21H26ClN5O3S/c1-4-5-9-23-31(29,30)25-20(28)17-12-16(17)19-13(2)24-26(3)21(19)27-10-8-14-11-15(22)6-7-18(14)27/h6-8,10-11,16-17,23H,4-5,9,12H2,1-3H3,(H,25,28). The summed E-state index contributed by atoms with van der Waals surface area (Å²) in [4.78, 5) is 12.6. The number of carbonyl (C=O) groups is 1. The Morgan fingerprint density at radius 2 is 2.10 bits per heavy atom. The number of carbonyl (C=O) groups excluding carboxylic acids is 1. The number of amides is 1. The molecule has 2 N–H and O–H groups in total. The number of aryl methyl sites for hydroxylation is 2. The fraction of sp³-hybridized carbons (Fsp3) is 0.429. The molecule has 166 valence electrons. The molecule has 10 heteroatoms. The summed E-state index contributed by atoms with van der Waals surface area (Å²) in [6.45, 7) is 4.19. The predicted molar refractivity (Wildman–Crippen MR) is 121 cm³/mol. The normalized spacial score (nSPS) is 18.5. The zero-order valence-electron chi connectivity index (χ0n) is 17.7. The average Bonchev–Trinajstić information content (AvgIpc) is 3.29. The van der Waals surface area contributed by atoms with Gasteiger partial charge in [0.1, 0.15) is 5.82 Å². The van der Waals surface area contributed by atoms with Gasteiger partial charge in [-0.3, -0.25) is 9.48 Å². The highest BCUT2D eigenvalue weighted by Crippen LogP contribution is 2.50. The van der Waals surface area contributed by atoms with Crippen molar-refractivity contribution in [3.8, 4) is 5.82 Å². The van der Waals surface area contributed by atoms with Gasteiger partial charge in [0.25, 0.3) is 0 Å². The summed E-state index contributed by atoms with van der Waals surface area (Å²) < 4.78 is 32.6. The van der Waals surface area contributed by atoms with E-state index in [9.17, 15) is 13.2 Å². The Morgan fingerprint density at radius 3 is 2.84 bits per heavy atom. The van der Waals surface area contributed by atoms with Crippen LogP contribution in [0.3, 0.4) is 0 Å². The molecule has 0 aliphatic heterocycles. The lowest BCUT2D eigenvalue weighted by molar-refractivity contribution is -0.120. The summed E-state index contributed by atoms with van der Waals surface area (Å²) in [5.74, 6) is -0.0913. The van der Waals surface area contributed by atoms with Crippen molar-refractivity contribution in [3.63, 3.8) is 0 Å². The lowest BCUT2D eigenvalue weighted by atomic mass is 10.1. The van der Waals surface area contributed by atoms with Crippen LogP contribution in [0.2, 0.25) is 5.02 Å². The van der Waals surface area contributed by atoms with E-state index in [1.165, 1.54) is 0 Å². The Kier molecular flexibility index (Phi) is 5.85. The van der Waals surface area contributed by atoms with Crippen LogP contribution in [-0.4, -0.2) is 35.2 Å². The van der Waals surface area contributed by atoms with Crippen molar-refractivity contribution in [1.82, 2.24) is 23.8 Å². The maximum Gasteiger partial charge on any atom is 0.301 e. The molecule has 8 nitrogen and oxygen atoms in total. The van der Waals surface area contributed by atoms with Crippen LogP contribution in [0.25, 0.3) is 16.7 Å². The summed E-state index contributed by atoms with van der Waals surface area (Å²) in [6, 6.07) is 7.68. The molecule has 0 radical (unpaired) electrons. The Labute approximate surface area is 186 Å². The molecule has 1 amide bonds. The molecule has 0 spiro atoms. The van der Waals surface area contributed by atoms with E-state index < -0.39 is 22.0 Å². The first kappa shape index (κ1) is 21.9. The van der Waals surface area contributed by atoms with Crippen LogP contribution in [0.1, 0.15) is 43.4 Å². The summed E-state index contributed by atoms with van der Waals surface area (Å²) in [6.07, 6.45) is 4.13. The highest BCUT2D eigenvalue weighted by atomic mass is 35.5. The Morgan fingerprint density at radius 1 is 1.32 bits per heavy atom. The number of unbranched alkanes of at least 4 members (excludes halogenated alkanes) is 1. The molecule has 3 aromatic rings. The summed E-state index contributed by atoms with van der Waals surface area (Å²) in [7, 11) is -1.97. The molecule has 1 fully saturated rings. The van der Waals surface area contributed by atoms with Gasteiger partial charge in [0.05, 0.1) is 11.2 Å². The van der Waals surface area contributed by atoms with Crippen LogP contribution < -0.4 is 9.44 Å². The van der Waals surface area contributed by atoms with Gasteiger partial charge >= 0.3 is 10.2 Å².